The summed E-state index contributed by atoms with van der Waals surface area (Å²) in [6.45, 7) is 3.00. The molecule has 1 atom stereocenters. The van der Waals surface area contributed by atoms with E-state index in [1.165, 1.54) is 4.88 Å². The van der Waals surface area contributed by atoms with Gasteiger partial charge < -0.3 is 5.32 Å². The number of aryl methyl sites for hydroxylation is 1. The van der Waals surface area contributed by atoms with Gasteiger partial charge in [0.1, 0.15) is 0 Å². The predicted molar refractivity (Wildman–Crippen MR) is 88.1 cm³/mol. The molecular formula is C12H14Br2ClN3S. The monoisotopic (exact) mass is 425 g/mol. The fourth-order valence-corrected chi connectivity index (χ4v) is 4.42. The van der Waals surface area contributed by atoms with Crippen molar-refractivity contribution in [3.8, 4) is 0 Å². The van der Waals surface area contributed by atoms with Gasteiger partial charge in [-0.25, -0.2) is 0 Å². The number of hydrogen-bond donors (Lipinski definition) is 1. The maximum absolute atomic E-state index is 6.31. The van der Waals surface area contributed by atoms with Gasteiger partial charge in [-0.05, 0) is 51.4 Å². The van der Waals surface area contributed by atoms with Crippen molar-refractivity contribution in [1.29, 1.82) is 0 Å². The molecule has 3 nitrogen and oxygen atoms in total. The molecule has 0 saturated carbocycles. The molecule has 0 aliphatic carbocycles. The lowest BCUT2D eigenvalue weighted by Crippen LogP contribution is -2.21. The number of nitrogens with zero attached hydrogens (tertiary/aromatic N) is 2. The van der Waals surface area contributed by atoms with Crippen molar-refractivity contribution >= 4 is 54.8 Å². The Morgan fingerprint density at radius 1 is 1.53 bits per heavy atom. The van der Waals surface area contributed by atoms with E-state index in [4.69, 9.17) is 11.6 Å². The average Bonchev–Trinajstić information content (AvgIpc) is 2.88. The third-order valence-corrected chi connectivity index (χ3v) is 6.39. The Hall–Kier alpha value is 0.120. The molecule has 1 N–H and O–H groups in total. The summed E-state index contributed by atoms with van der Waals surface area (Å²) in [4.78, 5) is 1.20. The molecule has 2 aromatic heterocycles. The Balaban J connectivity index is 2.44. The number of hydrogen-bond acceptors (Lipinski definition) is 3. The molecule has 0 aromatic carbocycles. The van der Waals surface area contributed by atoms with Gasteiger partial charge in [0.05, 0.1) is 26.7 Å². The van der Waals surface area contributed by atoms with E-state index in [0.717, 1.165) is 26.9 Å². The van der Waals surface area contributed by atoms with Crippen LogP contribution in [0.1, 0.15) is 30.0 Å². The molecule has 0 bridgehead atoms. The van der Waals surface area contributed by atoms with Crippen LogP contribution in [0.3, 0.4) is 0 Å². The highest BCUT2D eigenvalue weighted by Gasteiger charge is 2.23. The average molecular weight is 428 g/mol. The number of halogens is 3. The largest absolute Gasteiger partial charge is 0.307 e. The van der Waals surface area contributed by atoms with Crippen molar-refractivity contribution in [2.75, 3.05) is 7.05 Å². The highest BCUT2D eigenvalue weighted by molar-refractivity contribution is 9.13. The quantitative estimate of drug-likeness (QED) is 0.740. The number of thiophene rings is 1. The minimum Gasteiger partial charge on any atom is -0.307 e. The summed E-state index contributed by atoms with van der Waals surface area (Å²) in [6, 6.07) is 2.16. The molecule has 1 unspecified atom stereocenters. The van der Waals surface area contributed by atoms with Crippen molar-refractivity contribution in [3.63, 3.8) is 0 Å². The molecule has 2 aromatic rings. The molecule has 0 spiro atoms. The number of aromatic nitrogens is 2. The lowest BCUT2D eigenvalue weighted by molar-refractivity contribution is 0.538. The SMILES string of the molecule is CCCn1ncc(Cl)c1C(NC)c1cc(Br)c(Br)s1. The first kappa shape index (κ1) is 15.5. The van der Waals surface area contributed by atoms with Crippen LogP contribution < -0.4 is 5.32 Å². The Morgan fingerprint density at radius 2 is 2.26 bits per heavy atom. The van der Waals surface area contributed by atoms with Crippen LogP contribution in [0, 0.1) is 0 Å². The Bertz CT molecular complexity index is 548. The van der Waals surface area contributed by atoms with Crippen LogP contribution in [0.4, 0.5) is 0 Å². The molecule has 0 fully saturated rings. The lowest BCUT2D eigenvalue weighted by Gasteiger charge is -2.17. The van der Waals surface area contributed by atoms with Crippen molar-refractivity contribution < 1.29 is 0 Å². The molecule has 2 heterocycles. The first-order chi connectivity index (χ1) is 9.08. The zero-order valence-electron chi connectivity index (χ0n) is 10.6. The maximum atomic E-state index is 6.31. The van der Waals surface area contributed by atoms with E-state index >= 15 is 0 Å². The minimum absolute atomic E-state index is 0.0501. The predicted octanol–water partition coefficient (Wildman–Crippen LogP) is 4.84. The van der Waals surface area contributed by atoms with Gasteiger partial charge >= 0.3 is 0 Å². The van der Waals surface area contributed by atoms with Gasteiger partial charge in [-0.15, -0.1) is 11.3 Å². The second-order valence-corrected chi connectivity index (χ2v) is 7.76. The third kappa shape index (κ3) is 3.24. The Labute approximate surface area is 138 Å². The minimum atomic E-state index is 0.0501. The number of rotatable bonds is 5. The van der Waals surface area contributed by atoms with Crippen molar-refractivity contribution in [1.82, 2.24) is 15.1 Å². The van der Waals surface area contributed by atoms with Crippen LogP contribution in [0.2, 0.25) is 5.02 Å². The van der Waals surface area contributed by atoms with E-state index in [2.05, 4.69) is 55.3 Å². The summed E-state index contributed by atoms with van der Waals surface area (Å²) < 4.78 is 4.12. The van der Waals surface area contributed by atoms with Crippen molar-refractivity contribution in [3.05, 3.63) is 36.1 Å². The summed E-state index contributed by atoms with van der Waals surface area (Å²) in [7, 11) is 1.94. The summed E-state index contributed by atoms with van der Waals surface area (Å²) in [5.41, 5.74) is 1.02. The van der Waals surface area contributed by atoms with E-state index in [9.17, 15) is 0 Å². The normalized spacial score (nSPS) is 12.9. The molecule has 0 amide bonds. The second kappa shape index (κ2) is 6.72. The van der Waals surface area contributed by atoms with E-state index in [1.54, 1.807) is 17.5 Å². The van der Waals surface area contributed by atoms with Crippen LogP contribution in [0.25, 0.3) is 0 Å². The van der Waals surface area contributed by atoms with Crippen molar-refractivity contribution in [2.45, 2.75) is 25.9 Å². The molecule has 104 valence electrons. The van der Waals surface area contributed by atoms with Crippen LogP contribution in [-0.4, -0.2) is 16.8 Å². The van der Waals surface area contributed by atoms with Gasteiger partial charge in [0.25, 0.3) is 0 Å². The topological polar surface area (TPSA) is 29.9 Å². The molecule has 0 saturated heterocycles. The fourth-order valence-electron chi connectivity index (χ4n) is 1.97. The highest BCUT2D eigenvalue weighted by Crippen LogP contribution is 2.39. The lowest BCUT2D eigenvalue weighted by atomic mass is 10.1. The van der Waals surface area contributed by atoms with Crippen LogP contribution in [-0.2, 0) is 6.54 Å². The molecule has 0 aliphatic rings. The van der Waals surface area contributed by atoms with Gasteiger partial charge in [-0.1, -0.05) is 18.5 Å². The summed E-state index contributed by atoms with van der Waals surface area (Å²) in [5, 5.41) is 8.38. The highest BCUT2D eigenvalue weighted by atomic mass is 79.9. The van der Waals surface area contributed by atoms with Gasteiger partial charge in [-0.3, -0.25) is 4.68 Å². The number of nitrogens with one attached hydrogen (secondary N) is 1. The zero-order chi connectivity index (χ0) is 14.0. The second-order valence-electron chi connectivity index (χ2n) is 4.09. The summed E-state index contributed by atoms with van der Waals surface area (Å²) >= 11 is 15.1. The maximum Gasteiger partial charge on any atom is 0.0855 e. The van der Waals surface area contributed by atoms with Gasteiger partial charge in [0, 0.05) is 15.9 Å². The standard InChI is InChI=1S/C12H14Br2ClN3S/c1-3-4-18-11(8(15)6-17-18)10(16-2)9-5-7(13)12(14)19-9/h5-6,10,16H,3-4H2,1-2H3. The first-order valence-electron chi connectivity index (χ1n) is 5.91. The van der Waals surface area contributed by atoms with E-state index in [0.29, 0.717) is 5.02 Å². The Morgan fingerprint density at radius 3 is 2.79 bits per heavy atom. The van der Waals surface area contributed by atoms with E-state index in [-0.39, 0.29) is 6.04 Å². The molecule has 2 rings (SSSR count). The fraction of sp³-hybridized carbons (Fsp3) is 0.417. The van der Waals surface area contributed by atoms with Crippen molar-refractivity contribution in [2.24, 2.45) is 0 Å². The molecular weight excluding hydrogens is 413 g/mol. The smallest absolute Gasteiger partial charge is 0.0855 e. The first-order valence-corrected chi connectivity index (χ1v) is 8.69. The van der Waals surface area contributed by atoms with Gasteiger partial charge in [0.2, 0.25) is 0 Å². The molecule has 0 aliphatic heterocycles. The van der Waals surface area contributed by atoms with E-state index in [1.807, 2.05) is 11.7 Å². The molecule has 0 radical (unpaired) electrons. The summed E-state index contributed by atoms with van der Waals surface area (Å²) in [5.74, 6) is 0. The van der Waals surface area contributed by atoms with Gasteiger partial charge in [0.15, 0.2) is 0 Å². The van der Waals surface area contributed by atoms with Crippen LogP contribution in [0.15, 0.2) is 20.5 Å². The molecule has 19 heavy (non-hydrogen) atoms. The summed E-state index contributed by atoms with van der Waals surface area (Å²) in [6.07, 6.45) is 2.74. The Kier molecular flexibility index (Phi) is 5.48. The van der Waals surface area contributed by atoms with Gasteiger partial charge in [-0.2, -0.15) is 5.10 Å². The van der Waals surface area contributed by atoms with Crippen LogP contribution in [0.5, 0.6) is 0 Å². The zero-order valence-corrected chi connectivity index (χ0v) is 15.3. The molecule has 7 heteroatoms. The third-order valence-electron chi connectivity index (χ3n) is 2.78. The van der Waals surface area contributed by atoms with E-state index < -0.39 is 0 Å². The van der Waals surface area contributed by atoms with Crippen LogP contribution >= 0.6 is 54.8 Å².